The molecule has 46 heavy (non-hydrogen) atoms. The van der Waals surface area contributed by atoms with Gasteiger partial charge in [0, 0.05) is 38.5 Å². The number of rotatable bonds is 4. The Kier molecular flexibility index (Phi) is 5.88. The van der Waals surface area contributed by atoms with Crippen LogP contribution in [0.5, 0.6) is 0 Å². The van der Waals surface area contributed by atoms with Gasteiger partial charge in [-0.2, -0.15) is 5.26 Å². The predicted octanol–water partition coefficient (Wildman–Crippen LogP) is 11.1. The molecule has 0 aliphatic rings. The van der Waals surface area contributed by atoms with Crippen LogP contribution in [0.3, 0.4) is 0 Å². The fourth-order valence-electron chi connectivity index (χ4n) is 7.15. The van der Waals surface area contributed by atoms with Crippen LogP contribution in [0, 0.1) is 11.3 Å². The first-order valence-corrected chi connectivity index (χ1v) is 15.5. The molecule has 9 rings (SSSR count). The molecule has 0 saturated heterocycles. The summed E-state index contributed by atoms with van der Waals surface area (Å²) in [5, 5.41) is 14.3. The molecule has 0 unspecified atom stereocenters. The maximum absolute atomic E-state index is 9.42. The van der Waals surface area contributed by atoms with E-state index in [2.05, 4.69) is 155 Å². The lowest BCUT2D eigenvalue weighted by Gasteiger charge is -2.15. The quantitative estimate of drug-likeness (QED) is 0.202. The topological polar surface area (TPSA) is 33.6 Å². The number of hydrogen-bond donors (Lipinski definition) is 0. The van der Waals surface area contributed by atoms with Gasteiger partial charge >= 0.3 is 0 Å². The summed E-state index contributed by atoms with van der Waals surface area (Å²) in [6.07, 6.45) is 0. The molecule has 3 heteroatoms. The third kappa shape index (κ3) is 3.91. The monoisotopic (exact) mass is 585 g/mol. The summed E-state index contributed by atoms with van der Waals surface area (Å²) < 4.78 is 4.72. The molecule has 0 N–H and O–H groups in total. The van der Waals surface area contributed by atoms with Gasteiger partial charge in [0.05, 0.1) is 33.7 Å². The Balaban J connectivity index is 1.32. The molecule has 0 radical (unpaired) electrons. The van der Waals surface area contributed by atoms with Crippen molar-refractivity contribution in [1.29, 1.82) is 5.26 Å². The summed E-state index contributed by atoms with van der Waals surface area (Å²) in [6.45, 7) is 0. The maximum atomic E-state index is 9.42. The highest BCUT2D eigenvalue weighted by Gasteiger charge is 2.19. The molecule has 2 aromatic heterocycles. The van der Waals surface area contributed by atoms with E-state index in [1.54, 1.807) is 0 Å². The smallest absolute Gasteiger partial charge is 0.0991 e. The summed E-state index contributed by atoms with van der Waals surface area (Å²) >= 11 is 0. The standard InChI is InChI=1S/C43H27N3/c44-28-29-21-24-32(25-22-29)45-40-19-8-6-15-35(40)37-26-23-30(27-42(37)45)33-13-4-5-14-34(33)38-17-10-18-39-36-16-7-9-20-41(36)46(43(38)39)31-11-2-1-3-12-31/h1-27H. The van der Waals surface area contributed by atoms with Gasteiger partial charge in [0.1, 0.15) is 0 Å². The van der Waals surface area contributed by atoms with Crippen LogP contribution in [0.4, 0.5) is 0 Å². The Labute approximate surface area is 266 Å². The van der Waals surface area contributed by atoms with Crippen molar-refractivity contribution < 1.29 is 0 Å². The minimum absolute atomic E-state index is 0.654. The molecule has 0 atom stereocenters. The van der Waals surface area contributed by atoms with E-state index in [1.165, 1.54) is 49.3 Å². The zero-order chi connectivity index (χ0) is 30.6. The number of nitrogens with zero attached hydrogens (tertiary/aromatic N) is 3. The lowest BCUT2D eigenvalue weighted by atomic mass is 9.92. The highest BCUT2D eigenvalue weighted by Crippen LogP contribution is 2.42. The Morgan fingerprint density at radius 1 is 0.391 bits per heavy atom. The van der Waals surface area contributed by atoms with E-state index in [4.69, 9.17) is 0 Å². The van der Waals surface area contributed by atoms with Gasteiger partial charge < -0.3 is 9.13 Å². The lowest BCUT2D eigenvalue weighted by Crippen LogP contribution is -1.96. The van der Waals surface area contributed by atoms with E-state index in [-0.39, 0.29) is 0 Å². The molecule has 0 aliphatic carbocycles. The molecule has 7 aromatic carbocycles. The maximum Gasteiger partial charge on any atom is 0.0991 e. The Morgan fingerprint density at radius 3 is 1.72 bits per heavy atom. The number of hydrogen-bond acceptors (Lipinski definition) is 1. The van der Waals surface area contributed by atoms with E-state index in [9.17, 15) is 5.26 Å². The molecule has 214 valence electrons. The number of benzene rings is 7. The number of para-hydroxylation sites is 4. The van der Waals surface area contributed by atoms with E-state index in [0.717, 1.165) is 28.0 Å². The molecule has 0 bridgehead atoms. The average Bonchev–Trinajstić information content (AvgIpc) is 3.65. The van der Waals surface area contributed by atoms with Gasteiger partial charge in [-0.1, -0.05) is 109 Å². The summed E-state index contributed by atoms with van der Waals surface area (Å²) in [4.78, 5) is 0. The minimum Gasteiger partial charge on any atom is -0.309 e. The number of fused-ring (bicyclic) bond motifs is 6. The van der Waals surface area contributed by atoms with Crippen LogP contribution in [-0.2, 0) is 0 Å². The molecule has 2 heterocycles. The van der Waals surface area contributed by atoms with Crippen molar-refractivity contribution in [2.24, 2.45) is 0 Å². The third-order valence-corrected chi connectivity index (χ3v) is 9.17. The number of aromatic nitrogens is 2. The summed E-state index contributed by atoms with van der Waals surface area (Å²) in [7, 11) is 0. The van der Waals surface area contributed by atoms with Gasteiger partial charge in [0.15, 0.2) is 0 Å². The van der Waals surface area contributed by atoms with Gasteiger partial charge in [-0.05, 0) is 71.3 Å². The van der Waals surface area contributed by atoms with Crippen LogP contribution >= 0.6 is 0 Å². The van der Waals surface area contributed by atoms with Crippen LogP contribution in [-0.4, -0.2) is 9.13 Å². The SMILES string of the molecule is N#Cc1ccc(-n2c3ccccc3c3ccc(-c4ccccc4-c4cccc5c6ccccc6n(-c6ccccc6)c45)cc32)cc1. The van der Waals surface area contributed by atoms with Crippen molar-refractivity contribution in [3.63, 3.8) is 0 Å². The molecule has 0 fully saturated rings. The van der Waals surface area contributed by atoms with Crippen LogP contribution < -0.4 is 0 Å². The van der Waals surface area contributed by atoms with Crippen molar-refractivity contribution in [2.75, 3.05) is 0 Å². The first-order valence-electron chi connectivity index (χ1n) is 15.5. The van der Waals surface area contributed by atoms with Crippen LogP contribution in [0.25, 0.3) is 77.2 Å². The van der Waals surface area contributed by atoms with E-state index in [1.807, 2.05) is 24.3 Å². The average molecular weight is 586 g/mol. The highest BCUT2D eigenvalue weighted by atomic mass is 15.0. The lowest BCUT2D eigenvalue weighted by molar-refractivity contribution is 1.18. The molecular formula is C43H27N3. The zero-order valence-electron chi connectivity index (χ0n) is 24.9. The molecular weight excluding hydrogens is 558 g/mol. The molecule has 0 saturated carbocycles. The fourth-order valence-corrected chi connectivity index (χ4v) is 7.15. The van der Waals surface area contributed by atoms with Crippen molar-refractivity contribution in [2.45, 2.75) is 0 Å². The highest BCUT2D eigenvalue weighted by molar-refractivity contribution is 6.15. The van der Waals surface area contributed by atoms with Gasteiger partial charge in [-0.3, -0.25) is 0 Å². The largest absolute Gasteiger partial charge is 0.309 e. The zero-order valence-corrected chi connectivity index (χ0v) is 24.9. The van der Waals surface area contributed by atoms with Crippen molar-refractivity contribution in [1.82, 2.24) is 9.13 Å². The second-order valence-corrected chi connectivity index (χ2v) is 11.7. The fraction of sp³-hybridized carbons (Fsp3) is 0. The third-order valence-electron chi connectivity index (χ3n) is 9.17. The van der Waals surface area contributed by atoms with Crippen molar-refractivity contribution in [3.8, 4) is 39.7 Å². The van der Waals surface area contributed by atoms with Crippen LogP contribution in [0.2, 0.25) is 0 Å². The molecule has 9 aromatic rings. The second-order valence-electron chi connectivity index (χ2n) is 11.7. The molecule has 0 amide bonds. The van der Waals surface area contributed by atoms with Crippen molar-refractivity contribution >= 4 is 43.6 Å². The molecule has 0 spiro atoms. The summed E-state index contributed by atoms with van der Waals surface area (Å²) in [5.74, 6) is 0. The summed E-state index contributed by atoms with van der Waals surface area (Å²) in [5.41, 5.74) is 12.2. The minimum atomic E-state index is 0.654. The Bertz CT molecular complexity index is 2630. The van der Waals surface area contributed by atoms with E-state index >= 15 is 0 Å². The molecule has 0 aliphatic heterocycles. The normalized spacial score (nSPS) is 11.5. The summed E-state index contributed by atoms with van der Waals surface area (Å²) in [6, 6.07) is 60.2. The second kappa shape index (κ2) is 10.4. The van der Waals surface area contributed by atoms with E-state index in [0.29, 0.717) is 5.56 Å². The number of nitriles is 1. The van der Waals surface area contributed by atoms with Gasteiger partial charge in [0.25, 0.3) is 0 Å². The Morgan fingerprint density at radius 2 is 0.957 bits per heavy atom. The predicted molar refractivity (Wildman–Crippen MR) is 191 cm³/mol. The van der Waals surface area contributed by atoms with Crippen molar-refractivity contribution in [3.05, 3.63) is 169 Å². The Hall–Kier alpha value is -6.37. The van der Waals surface area contributed by atoms with Crippen LogP contribution in [0.1, 0.15) is 5.56 Å². The first kappa shape index (κ1) is 26.1. The molecule has 3 nitrogen and oxygen atoms in total. The van der Waals surface area contributed by atoms with Crippen LogP contribution in [0.15, 0.2) is 164 Å². The van der Waals surface area contributed by atoms with Gasteiger partial charge in [0.2, 0.25) is 0 Å². The first-order chi connectivity index (χ1) is 22.8. The van der Waals surface area contributed by atoms with Gasteiger partial charge in [-0.15, -0.1) is 0 Å². The van der Waals surface area contributed by atoms with E-state index < -0.39 is 0 Å². The van der Waals surface area contributed by atoms with Gasteiger partial charge in [-0.25, -0.2) is 0 Å².